The maximum absolute atomic E-state index is 11.7. The average molecular weight is 267 g/mol. The third kappa shape index (κ3) is 3.85. The lowest BCUT2D eigenvalue weighted by Gasteiger charge is -2.14. The van der Waals surface area contributed by atoms with Crippen molar-refractivity contribution in [2.45, 2.75) is 6.42 Å². The number of nitrogens with one attached hydrogen (secondary N) is 1. The maximum Gasteiger partial charge on any atom is 0.226 e. The van der Waals surface area contributed by atoms with Crippen LogP contribution in [0.3, 0.4) is 0 Å². The first-order valence-corrected chi connectivity index (χ1v) is 5.57. The van der Waals surface area contributed by atoms with Gasteiger partial charge in [0.15, 0.2) is 5.84 Å². The molecule has 0 spiro atoms. The van der Waals surface area contributed by atoms with E-state index in [0.29, 0.717) is 23.6 Å². The molecule has 4 N–H and O–H groups in total. The number of nitrogens with two attached hydrogens (primary N) is 1. The number of amides is 1. The molecule has 0 radical (unpaired) electrons. The second kappa shape index (κ2) is 7.22. The Morgan fingerprint density at radius 3 is 2.79 bits per heavy atom. The predicted octanol–water partition coefficient (Wildman–Crippen LogP) is 0.765. The number of hydrogen-bond donors (Lipinski definition) is 3. The van der Waals surface area contributed by atoms with Gasteiger partial charge in [-0.05, 0) is 12.1 Å². The highest BCUT2D eigenvalue weighted by molar-refractivity contribution is 6.06. The molecule has 0 aliphatic rings. The molecule has 7 heteroatoms. The summed E-state index contributed by atoms with van der Waals surface area (Å²) in [6, 6.07) is 4.96. The number of rotatable bonds is 6. The van der Waals surface area contributed by atoms with Gasteiger partial charge in [-0.3, -0.25) is 4.79 Å². The van der Waals surface area contributed by atoms with Crippen LogP contribution in [0.1, 0.15) is 12.0 Å². The fraction of sp³-hybridized carbons (Fsp3) is 0.333. The first-order valence-electron chi connectivity index (χ1n) is 5.57. The summed E-state index contributed by atoms with van der Waals surface area (Å²) >= 11 is 0. The summed E-state index contributed by atoms with van der Waals surface area (Å²) in [6.45, 7) is 0.305. The zero-order valence-electron chi connectivity index (χ0n) is 10.8. The molecule has 0 heterocycles. The van der Waals surface area contributed by atoms with E-state index in [1.165, 1.54) is 14.2 Å². The monoisotopic (exact) mass is 267 g/mol. The number of amidine groups is 1. The van der Waals surface area contributed by atoms with E-state index >= 15 is 0 Å². The number of carbonyl (C=O) groups excluding carboxylic acids is 1. The van der Waals surface area contributed by atoms with Crippen LogP contribution in [-0.2, 0) is 9.53 Å². The lowest BCUT2D eigenvalue weighted by atomic mass is 10.1. The minimum atomic E-state index is -0.252. The Morgan fingerprint density at radius 2 is 2.21 bits per heavy atom. The number of anilines is 1. The highest BCUT2D eigenvalue weighted by Crippen LogP contribution is 2.28. The summed E-state index contributed by atoms with van der Waals surface area (Å²) in [7, 11) is 2.98. The normalized spacial score (nSPS) is 11.2. The number of para-hydroxylation sites is 1. The van der Waals surface area contributed by atoms with Gasteiger partial charge in [0, 0.05) is 12.7 Å². The Morgan fingerprint density at radius 1 is 1.47 bits per heavy atom. The van der Waals surface area contributed by atoms with Crippen LogP contribution >= 0.6 is 0 Å². The van der Waals surface area contributed by atoms with Gasteiger partial charge in [-0.1, -0.05) is 11.2 Å². The molecule has 0 unspecified atom stereocenters. The molecule has 104 valence electrons. The van der Waals surface area contributed by atoms with Crippen molar-refractivity contribution in [3.8, 4) is 5.75 Å². The topological polar surface area (TPSA) is 106 Å². The standard InChI is InChI=1S/C12H17N3O4/c1-18-7-6-10(16)14-11-8(12(13)15-17)4-3-5-9(11)19-2/h3-5,17H,6-7H2,1-2H3,(H2,13,15)(H,14,16). The molecule has 0 saturated carbocycles. The van der Waals surface area contributed by atoms with Crippen molar-refractivity contribution in [3.05, 3.63) is 23.8 Å². The number of nitrogens with zero attached hydrogens (tertiary/aromatic N) is 1. The molecule has 1 aromatic rings. The van der Waals surface area contributed by atoms with E-state index in [1.807, 2.05) is 0 Å². The van der Waals surface area contributed by atoms with Gasteiger partial charge in [-0.25, -0.2) is 0 Å². The Hall–Kier alpha value is -2.28. The molecule has 1 rings (SSSR count). The van der Waals surface area contributed by atoms with Crippen LogP contribution < -0.4 is 15.8 Å². The fourth-order valence-electron chi connectivity index (χ4n) is 1.49. The molecule has 1 amide bonds. The number of benzene rings is 1. The summed E-state index contributed by atoms with van der Waals surface area (Å²) in [5, 5.41) is 14.3. The highest BCUT2D eigenvalue weighted by Gasteiger charge is 2.14. The van der Waals surface area contributed by atoms with Crippen LogP contribution in [0.15, 0.2) is 23.4 Å². The molecule has 0 saturated heterocycles. The van der Waals surface area contributed by atoms with E-state index in [9.17, 15) is 4.79 Å². The third-order valence-corrected chi connectivity index (χ3v) is 2.43. The first kappa shape index (κ1) is 14.8. The van der Waals surface area contributed by atoms with Gasteiger partial charge in [0.2, 0.25) is 5.91 Å². The van der Waals surface area contributed by atoms with Gasteiger partial charge in [-0.15, -0.1) is 0 Å². The van der Waals surface area contributed by atoms with Crippen molar-refractivity contribution >= 4 is 17.4 Å². The zero-order chi connectivity index (χ0) is 14.3. The molecule has 7 nitrogen and oxygen atoms in total. The Balaban J connectivity index is 3.05. The zero-order valence-corrected chi connectivity index (χ0v) is 10.8. The first-order chi connectivity index (χ1) is 9.13. The van der Waals surface area contributed by atoms with E-state index in [0.717, 1.165) is 0 Å². The van der Waals surface area contributed by atoms with Crippen LogP contribution in [0.25, 0.3) is 0 Å². The molecule has 0 aromatic heterocycles. The minimum Gasteiger partial charge on any atom is -0.495 e. The van der Waals surface area contributed by atoms with Crippen LogP contribution in [0.4, 0.5) is 5.69 Å². The number of oxime groups is 1. The maximum atomic E-state index is 11.7. The summed E-state index contributed by atoms with van der Waals surface area (Å²) in [5.74, 6) is 0.0640. The lowest BCUT2D eigenvalue weighted by molar-refractivity contribution is -0.117. The molecule has 0 bridgehead atoms. The Kier molecular flexibility index (Phi) is 5.62. The molecule has 0 aliphatic carbocycles. The second-order valence-corrected chi connectivity index (χ2v) is 3.66. The summed E-state index contributed by atoms with van der Waals surface area (Å²) in [6.07, 6.45) is 0.199. The van der Waals surface area contributed by atoms with E-state index in [4.69, 9.17) is 20.4 Å². The second-order valence-electron chi connectivity index (χ2n) is 3.66. The van der Waals surface area contributed by atoms with Gasteiger partial charge in [0.05, 0.1) is 25.8 Å². The van der Waals surface area contributed by atoms with Crippen LogP contribution in [-0.4, -0.2) is 37.8 Å². The van der Waals surface area contributed by atoms with E-state index < -0.39 is 0 Å². The van der Waals surface area contributed by atoms with Crippen molar-refractivity contribution < 1.29 is 19.5 Å². The van der Waals surface area contributed by atoms with Gasteiger partial charge >= 0.3 is 0 Å². The van der Waals surface area contributed by atoms with Gasteiger partial charge in [-0.2, -0.15) is 0 Å². The average Bonchev–Trinajstić information content (AvgIpc) is 2.44. The predicted molar refractivity (Wildman–Crippen MR) is 70.6 cm³/mol. The van der Waals surface area contributed by atoms with E-state index in [2.05, 4.69) is 10.5 Å². The highest BCUT2D eigenvalue weighted by atomic mass is 16.5. The smallest absolute Gasteiger partial charge is 0.226 e. The summed E-state index contributed by atoms with van der Waals surface area (Å²) in [5.41, 5.74) is 6.31. The lowest BCUT2D eigenvalue weighted by Crippen LogP contribution is -2.20. The summed E-state index contributed by atoms with van der Waals surface area (Å²) < 4.78 is 9.97. The van der Waals surface area contributed by atoms with Crippen molar-refractivity contribution in [1.82, 2.24) is 0 Å². The van der Waals surface area contributed by atoms with E-state index in [1.54, 1.807) is 18.2 Å². The van der Waals surface area contributed by atoms with Crippen LogP contribution in [0, 0.1) is 0 Å². The molecular weight excluding hydrogens is 250 g/mol. The number of carbonyl (C=O) groups is 1. The van der Waals surface area contributed by atoms with Crippen molar-refractivity contribution in [2.75, 3.05) is 26.1 Å². The van der Waals surface area contributed by atoms with Crippen molar-refractivity contribution in [1.29, 1.82) is 0 Å². The van der Waals surface area contributed by atoms with Gasteiger partial charge < -0.3 is 25.7 Å². The number of ether oxygens (including phenoxy) is 2. The van der Waals surface area contributed by atoms with Crippen LogP contribution in [0.2, 0.25) is 0 Å². The fourth-order valence-corrected chi connectivity index (χ4v) is 1.49. The van der Waals surface area contributed by atoms with E-state index in [-0.39, 0.29) is 18.2 Å². The number of methoxy groups -OCH3 is 2. The Labute approximate surface area is 111 Å². The quantitative estimate of drug-likeness (QED) is 0.305. The third-order valence-electron chi connectivity index (χ3n) is 2.43. The molecule has 0 aliphatic heterocycles. The largest absolute Gasteiger partial charge is 0.495 e. The Bertz CT molecular complexity index is 474. The molecular formula is C12H17N3O4. The minimum absolute atomic E-state index is 0.110. The van der Waals surface area contributed by atoms with Gasteiger partial charge in [0.25, 0.3) is 0 Å². The summed E-state index contributed by atoms with van der Waals surface area (Å²) in [4.78, 5) is 11.7. The van der Waals surface area contributed by atoms with Crippen LogP contribution in [0.5, 0.6) is 5.75 Å². The molecule has 0 fully saturated rings. The SMILES string of the molecule is COCCC(=O)Nc1c(OC)cccc1/C(N)=N/O. The molecule has 1 aromatic carbocycles. The number of hydrogen-bond acceptors (Lipinski definition) is 5. The van der Waals surface area contributed by atoms with Crippen molar-refractivity contribution in [3.63, 3.8) is 0 Å². The van der Waals surface area contributed by atoms with Gasteiger partial charge in [0.1, 0.15) is 5.75 Å². The van der Waals surface area contributed by atoms with Crippen molar-refractivity contribution in [2.24, 2.45) is 10.9 Å². The molecule has 0 atom stereocenters. The molecule has 19 heavy (non-hydrogen) atoms.